The van der Waals surface area contributed by atoms with E-state index in [2.05, 4.69) is 24.5 Å². The number of hydrogen-bond donors (Lipinski definition) is 2. The number of benzene rings is 2. The Morgan fingerprint density at radius 2 is 1.87 bits per heavy atom. The van der Waals surface area contributed by atoms with Gasteiger partial charge in [0.15, 0.2) is 5.11 Å². The number of nitrogens with zero attached hydrogens (tertiary/aromatic N) is 2. The third-order valence-corrected chi connectivity index (χ3v) is 5.66. The molecule has 0 aliphatic carbocycles. The Bertz CT molecular complexity index is 940. The van der Waals surface area contributed by atoms with Crippen LogP contribution in [0.15, 0.2) is 42.5 Å². The molecule has 1 amide bonds. The zero-order valence-corrected chi connectivity index (χ0v) is 18.0. The molecule has 1 aliphatic heterocycles. The van der Waals surface area contributed by atoms with Crippen LogP contribution in [0, 0.1) is 10.1 Å². The summed E-state index contributed by atoms with van der Waals surface area (Å²) in [4.78, 5) is 25.6. The molecule has 8 heteroatoms. The molecular formula is C22H26N4O3S. The molecule has 0 radical (unpaired) electrons. The van der Waals surface area contributed by atoms with E-state index in [0.29, 0.717) is 11.6 Å². The minimum atomic E-state index is -0.486. The Labute approximate surface area is 181 Å². The van der Waals surface area contributed by atoms with Crippen LogP contribution in [0.4, 0.5) is 17.1 Å². The zero-order chi connectivity index (χ0) is 21.7. The Morgan fingerprint density at radius 3 is 2.47 bits per heavy atom. The van der Waals surface area contributed by atoms with Gasteiger partial charge in [-0.05, 0) is 67.2 Å². The van der Waals surface area contributed by atoms with E-state index in [-0.39, 0.29) is 16.4 Å². The van der Waals surface area contributed by atoms with Crippen LogP contribution >= 0.6 is 12.2 Å². The molecular weight excluding hydrogens is 400 g/mol. The van der Waals surface area contributed by atoms with Gasteiger partial charge < -0.3 is 10.2 Å². The van der Waals surface area contributed by atoms with Crippen LogP contribution < -0.4 is 15.5 Å². The predicted molar refractivity (Wildman–Crippen MR) is 123 cm³/mol. The summed E-state index contributed by atoms with van der Waals surface area (Å²) in [6, 6.07) is 12.4. The van der Waals surface area contributed by atoms with Crippen molar-refractivity contribution < 1.29 is 9.72 Å². The molecule has 3 rings (SSSR count). The smallest absolute Gasteiger partial charge is 0.293 e. The average molecular weight is 427 g/mol. The first kappa shape index (κ1) is 21.7. The van der Waals surface area contributed by atoms with Gasteiger partial charge in [-0.1, -0.05) is 26.0 Å². The van der Waals surface area contributed by atoms with Crippen molar-refractivity contribution in [3.05, 3.63) is 63.7 Å². The van der Waals surface area contributed by atoms with E-state index in [9.17, 15) is 14.9 Å². The second kappa shape index (κ2) is 9.67. The Kier molecular flexibility index (Phi) is 6.99. The lowest BCUT2D eigenvalue weighted by Gasteiger charge is -2.18. The van der Waals surface area contributed by atoms with Crippen molar-refractivity contribution in [3.8, 4) is 0 Å². The lowest BCUT2D eigenvalue weighted by atomic mass is 9.99. The Hall–Kier alpha value is -3.00. The molecule has 2 aromatic carbocycles. The van der Waals surface area contributed by atoms with E-state index >= 15 is 0 Å². The van der Waals surface area contributed by atoms with Gasteiger partial charge in [-0.25, -0.2) is 0 Å². The number of rotatable bonds is 6. The highest BCUT2D eigenvalue weighted by Crippen LogP contribution is 2.31. The first-order valence-electron chi connectivity index (χ1n) is 10.1. The quantitative estimate of drug-likeness (QED) is 0.391. The third-order valence-electron chi connectivity index (χ3n) is 5.46. The molecule has 30 heavy (non-hydrogen) atoms. The fraction of sp³-hybridized carbons (Fsp3) is 0.364. The van der Waals surface area contributed by atoms with Crippen LogP contribution in [-0.2, 0) is 0 Å². The summed E-state index contributed by atoms with van der Waals surface area (Å²) >= 11 is 5.23. The van der Waals surface area contributed by atoms with Gasteiger partial charge in [0.25, 0.3) is 11.6 Å². The first-order chi connectivity index (χ1) is 14.4. The molecule has 0 bridgehead atoms. The van der Waals surface area contributed by atoms with Crippen molar-refractivity contribution in [2.24, 2.45) is 0 Å². The molecule has 0 saturated carbocycles. The summed E-state index contributed by atoms with van der Waals surface area (Å²) in [7, 11) is 0. The van der Waals surface area contributed by atoms with E-state index in [1.807, 2.05) is 29.2 Å². The lowest BCUT2D eigenvalue weighted by molar-refractivity contribution is -0.384. The maximum absolute atomic E-state index is 12.6. The normalized spacial score (nSPS) is 14.3. The first-order valence-corrected chi connectivity index (χ1v) is 10.6. The van der Waals surface area contributed by atoms with Crippen molar-refractivity contribution in [1.29, 1.82) is 0 Å². The van der Waals surface area contributed by atoms with Gasteiger partial charge in [0.1, 0.15) is 5.69 Å². The number of nitro benzene ring substituents is 1. The summed E-state index contributed by atoms with van der Waals surface area (Å²) < 4.78 is 0. The fourth-order valence-electron chi connectivity index (χ4n) is 3.50. The van der Waals surface area contributed by atoms with Gasteiger partial charge in [-0.2, -0.15) is 0 Å². The van der Waals surface area contributed by atoms with Crippen LogP contribution in [0.5, 0.6) is 0 Å². The van der Waals surface area contributed by atoms with E-state index < -0.39 is 10.8 Å². The molecule has 1 fully saturated rings. The molecule has 158 valence electrons. The Balaban J connectivity index is 1.67. The number of nitrogens with one attached hydrogen (secondary N) is 2. The van der Waals surface area contributed by atoms with Gasteiger partial charge in [0.05, 0.1) is 4.92 Å². The number of carbonyl (C=O) groups is 1. The van der Waals surface area contributed by atoms with Crippen molar-refractivity contribution >= 4 is 40.3 Å². The van der Waals surface area contributed by atoms with Gasteiger partial charge in [0, 0.05) is 30.4 Å². The van der Waals surface area contributed by atoms with Crippen molar-refractivity contribution in [2.45, 2.75) is 39.0 Å². The lowest BCUT2D eigenvalue weighted by Crippen LogP contribution is -2.34. The molecule has 7 nitrogen and oxygen atoms in total. The molecule has 0 aromatic heterocycles. The molecule has 1 atom stereocenters. The highest BCUT2D eigenvalue weighted by Gasteiger charge is 2.24. The third kappa shape index (κ3) is 5.13. The topological polar surface area (TPSA) is 87.5 Å². The maximum atomic E-state index is 12.6. The molecule has 1 heterocycles. The number of thiocarbonyl (C=S) groups is 1. The van der Waals surface area contributed by atoms with Gasteiger partial charge in [0.2, 0.25) is 0 Å². The van der Waals surface area contributed by atoms with Gasteiger partial charge >= 0.3 is 0 Å². The number of anilines is 2. The predicted octanol–water partition coefficient (Wildman–Crippen LogP) is 4.84. The summed E-state index contributed by atoms with van der Waals surface area (Å²) in [5, 5.41) is 17.2. The van der Waals surface area contributed by atoms with E-state index in [1.165, 1.54) is 11.6 Å². The number of carbonyl (C=O) groups excluding carboxylic acids is 1. The number of amides is 1. The summed E-state index contributed by atoms with van der Waals surface area (Å²) in [5.74, 6) is -0.00942. The van der Waals surface area contributed by atoms with Crippen molar-refractivity contribution in [1.82, 2.24) is 5.32 Å². The number of hydrogen-bond acceptors (Lipinski definition) is 5. The molecule has 0 unspecified atom stereocenters. The molecule has 1 saturated heterocycles. The second-order valence-electron chi connectivity index (χ2n) is 7.49. The van der Waals surface area contributed by atoms with Gasteiger partial charge in [-0.3, -0.25) is 20.2 Å². The summed E-state index contributed by atoms with van der Waals surface area (Å²) in [6.07, 6.45) is 3.08. The van der Waals surface area contributed by atoms with Crippen molar-refractivity contribution in [2.75, 3.05) is 23.3 Å². The summed E-state index contributed by atoms with van der Waals surface area (Å²) in [5.41, 5.74) is 2.69. The summed E-state index contributed by atoms with van der Waals surface area (Å²) in [6.45, 7) is 5.89. The monoisotopic (exact) mass is 426 g/mol. The van der Waals surface area contributed by atoms with E-state index in [0.717, 1.165) is 38.0 Å². The zero-order valence-electron chi connectivity index (χ0n) is 17.2. The Morgan fingerprint density at radius 1 is 1.20 bits per heavy atom. The standard InChI is InChI=1S/C22H26N4O3S/c1-3-15(2)16-6-9-18(10-7-16)23-22(30)24-21(27)17-8-11-19(20(14-17)26(28)29)25-12-4-5-13-25/h6-11,14-15H,3-5,12-13H2,1-2H3,(H2,23,24,27,30)/t15-/m0/s1. The minimum absolute atomic E-state index is 0.0657. The largest absolute Gasteiger partial charge is 0.366 e. The molecule has 2 N–H and O–H groups in total. The second-order valence-corrected chi connectivity index (χ2v) is 7.90. The molecule has 0 spiro atoms. The van der Waals surface area contributed by atoms with E-state index in [1.54, 1.807) is 12.1 Å². The molecule has 1 aliphatic rings. The average Bonchev–Trinajstić information content (AvgIpc) is 3.27. The number of nitro groups is 1. The maximum Gasteiger partial charge on any atom is 0.293 e. The highest BCUT2D eigenvalue weighted by molar-refractivity contribution is 7.80. The van der Waals surface area contributed by atoms with Crippen LogP contribution in [-0.4, -0.2) is 29.0 Å². The minimum Gasteiger partial charge on any atom is -0.366 e. The van der Waals surface area contributed by atoms with Gasteiger partial charge in [-0.15, -0.1) is 0 Å². The van der Waals surface area contributed by atoms with E-state index in [4.69, 9.17) is 12.2 Å². The van der Waals surface area contributed by atoms with Crippen LogP contribution in [0.1, 0.15) is 54.9 Å². The van der Waals surface area contributed by atoms with Crippen molar-refractivity contribution in [3.63, 3.8) is 0 Å². The van der Waals surface area contributed by atoms with Crippen LogP contribution in [0.3, 0.4) is 0 Å². The fourth-order valence-corrected chi connectivity index (χ4v) is 3.72. The van der Waals surface area contributed by atoms with Crippen LogP contribution in [0.25, 0.3) is 0 Å². The highest BCUT2D eigenvalue weighted by atomic mass is 32.1. The van der Waals surface area contributed by atoms with Crippen LogP contribution in [0.2, 0.25) is 0 Å². The SMILES string of the molecule is CC[C@H](C)c1ccc(NC(=S)NC(=O)c2ccc(N3CCCC3)c([N+](=O)[O-])c2)cc1. The molecule has 2 aromatic rings.